The monoisotopic (exact) mass is 167 g/mol. The van der Waals surface area contributed by atoms with Crippen LogP contribution in [-0.4, -0.2) is 4.88 Å². The van der Waals surface area contributed by atoms with Gasteiger partial charge in [0.25, 0.3) is 0 Å². The van der Waals surface area contributed by atoms with Gasteiger partial charge in [-0.3, -0.25) is 0 Å². The van der Waals surface area contributed by atoms with E-state index in [4.69, 9.17) is 14.5 Å². The van der Waals surface area contributed by atoms with E-state index in [-0.39, 0.29) is 16.1 Å². The first kappa shape index (κ1) is 4.58. The van der Waals surface area contributed by atoms with Crippen molar-refractivity contribution in [2.45, 2.75) is 0 Å². The van der Waals surface area contributed by atoms with Crippen molar-refractivity contribution in [2.24, 2.45) is 0 Å². The second kappa shape index (κ2) is 3.58. The fourth-order valence-electron chi connectivity index (χ4n) is 0. The van der Waals surface area contributed by atoms with Crippen LogP contribution in [0.4, 0.5) is 0 Å². The van der Waals surface area contributed by atoms with Gasteiger partial charge in [-0.05, 0) is 0 Å². The van der Waals surface area contributed by atoms with Crippen molar-refractivity contribution in [2.75, 3.05) is 0 Å². The molecule has 3 heteroatoms. The van der Waals surface area contributed by atoms with Crippen LogP contribution in [0.3, 0.4) is 0 Å². The molecule has 4 heavy (non-hydrogen) atoms. The van der Waals surface area contributed by atoms with Crippen LogP contribution in [0.25, 0.3) is 0 Å². The van der Waals surface area contributed by atoms with Gasteiger partial charge in [-0.1, -0.05) is 0 Å². The van der Waals surface area contributed by atoms with Gasteiger partial charge < -0.3 is 0 Å². The van der Waals surface area contributed by atoms with Gasteiger partial charge in [0, 0.05) is 0 Å². The van der Waals surface area contributed by atoms with E-state index in [1.165, 1.54) is 0 Å². The summed E-state index contributed by atoms with van der Waals surface area (Å²) in [6.45, 7) is 0. The average molecular weight is 167 g/mol. The summed E-state index contributed by atoms with van der Waals surface area (Å²) in [4.78, 5) is 9.78. The van der Waals surface area contributed by atoms with Crippen LogP contribution in [-0.2, 0) is 20.9 Å². The molecule has 0 amide bonds. The Bertz CT molecular complexity index is 22.0. The van der Waals surface area contributed by atoms with Crippen LogP contribution in [0.1, 0.15) is 0 Å². The van der Waals surface area contributed by atoms with E-state index in [9.17, 15) is 0 Å². The zero-order valence-corrected chi connectivity index (χ0v) is 4.09. The maximum absolute atomic E-state index is 9.07. The van der Waals surface area contributed by atoms with E-state index in [2.05, 4.69) is 0 Å². The van der Waals surface area contributed by atoms with Crippen molar-refractivity contribution >= 4 is 14.6 Å². The van der Waals surface area contributed by atoms with Gasteiger partial charge in [-0.2, -0.15) is 0 Å². The van der Waals surface area contributed by atoms with E-state index >= 15 is 0 Å². The van der Waals surface area contributed by atoms with Gasteiger partial charge in [0.05, 0.1) is 0 Å². The van der Waals surface area contributed by atoms with Crippen LogP contribution in [0.2, 0.25) is 0 Å². The molecule has 0 rings (SSSR count). The van der Waals surface area contributed by atoms with E-state index < -0.39 is 0 Å². The molecule has 0 N–H and O–H groups in total. The molecular formula is CHClORh. The van der Waals surface area contributed by atoms with Gasteiger partial charge in [-0.15, -0.1) is 0 Å². The molecule has 0 atom stereocenters. The number of hydrogen-bond donors (Lipinski definition) is 0. The molecular weight excluding hydrogens is 166 g/mol. The van der Waals surface area contributed by atoms with Gasteiger partial charge in [-0.25, -0.2) is 0 Å². The Morgan fingerprint density at radius 3 is 2.25 bits per heavy atom. The van der Waals surface area contributed by atoms with Crippen LogP contribution in [0, 0.1) is 0 Å². The molecule has 0 aromatic rings. The summed E-state index contributed by atoms with van der Waals surface area (Å²) in [5, 5.41) is 0. The minimum absolute atomic E-state index is 0.340. The molecule has 0 aliphatic heterocycles. The topological polar surface area (TPSA) is 17.1 Å². The molecule has 0 aliphatic carbocycles. The summed E-state index contributed by atoms with van der Waals surface area (Å²) in [5.74, 6) is 0. The number of rotatable bonds is 1. The van der Waals surface area contributed by atoms with E-state index in [0.717, 1.165) is 0 Å². The quantitative estimate of drug-likeness (QED) is 0.408. The van der Waals surface area contributed by atoms with Crippen molar-refractivity contribution in [3.05, 3.63) is 0 Å². The molecule has 0 saturated carbocycles. The molecule has 0 unspecified atom stereocenters. The van der Waals surface area contributed by atoms with Crippen LogP contribution >= 0.6 is 9.69 Å². The molecule has 0 aromatic heterocycles. The Balaban J connectivity index is 2.30. The van der Waals surface area contributed by atoms with Crippen molar-refractivity contribution < 1.29 is 20.9 Å². The summed E-state index contributed by atoms with van der Waals surface area (Å²) in [6, 6.07) is 0. The SMILES string of the molecule is O=[CH][Rh][Cl]. The summed E-state index contributed by atoms with van der Waals surface area (Å²) >= 11 is -0.340. The Kier molecular flexibility index (Phi) is 4.11. The number of carbonyl (C=O) groups excluding carboxylic acids is 1. The molecule has 0 aromatic carbocycles. The molecule has 0 fully saturated rings. The first-order chi connectivity index (χ1) is 1.91. The molecule has 1 nitrogen and oxygen atoms in total. The Hall–Kier alpha value is 0.583. The summed E-state index contributed by atoms with van der Waals surface area (Å²) in [6.07, 6.45) is 0. The normalized spacial score (nSPS) is 7.25. The third-order valence-corrected chi connectivity index (χ3v) is 0.527. The Morgan fingerprint density at radius 2 is 2.25 bits per heavy atom. The van der Waals surface area contributed by atoms with Crippen LogP contribution in [0.5, 0.6) is 0 Å². The minimum atomic E-state index is -0.340. The van der Waals surface area contributed by atoms with Crippen molar-refractivity contribution in [1.29, 1.82) is 0 Å². The van der Waals surface area contributed by atoms with Gasteiger partial charge in [0.1, 0.15) is 0 Å². The van der Waals surface area contributed by atoms with E-state index in [0.29, 0.717) is 4.88 Å². The molecule has 0 aliphatic rings. The Labute approximate surface area is 36.0 Å². The number of halogens is 1. The third kappa shape index (κ3) is 2.58. The summed E-state index contributed by atoms with van der Waals surface area (Å²) in [7, 11) is 4.89. The van der Waals surface area contributed by atoms with Crippen LogP contribution in [0.15, 0.2) is 0 Å². The second-order valence-corrected chi connectivity index (χ2v) is 1.76. The van der Waals surface area contributed by atoms with E-state index in [1.807, 2.05) is 0 Å². The molecule has 0 spiro atoms. The van der Waals surface area contributed by atoms with Crippen LogP contribution < -0.4 is 0 Å². The zero-order valence-electron chi connectivity index (χ0n) is 1.70. The third-order valence-electron chi connectivity index (χ3n) is 0.0297. The maximum atomic E-state index is 9.07. The van der Waals surface area contributed by atoms with Gasteiger partial charge in [0.2, 0.25) is 0 Å². The number of hydrogen-bond acceptors (Lipinski definition) is 1. The van der Waals surface area contributed by atoms with Gasteiger partial charge in [0.15, 0.2) is 0 Å². The second-order valence-electron chi connectivity index (χ2n) is 0.151. The fourth-order valence-corrected chi connectivity index (χ4v) is 0. The van der Waals surface area contributed by atoms with Gasteiger partial charge >= 0.3 is 35.5 Å². The van der Waals surface area contributed by atoms with Crippen molar-refractivity contribution in [1.82, 2.24) is 0 Å². The summed E-state index contributed by atoms with van der Waals surface area (Å²) < 4.78 is 0. The zero-order chi connectivity index (χ0) is 3.41. The molecule has 27 valence electrons. The predicted octanol–water partition coefficient (Wildman–Crippen LogP) is 0.413. The van der Waals surface area contributed by atoms with Crippen molar-refractivity contribution in [3.63, 3.8) is 0 Å². The first-order valence-corrected chi connectivity index (χ1v) is 3.61. The Morgan fingerprint density at radius 1 is 2.00 bits per heavy atom. The van der Waals surface area contributed by atoms with Crippen molar-refractivity contribution in [3.8, 4) is 0 Å². The summed E-state index contributed by atoms with van der Waals surface area (Å²) in [5.41, 5.74) is 0. The molecule has 0 radical (unpaired) electrons. The molecule has 0 bridgehead atoms. The average Bonchev–Trinajstić information content (AvgIpc) is 1.37. The van der Waals surface area contributed by atoms with E-state index in [1.54, 1.807) is 0 Å². The molecule has 0 heterocycles. The molecule has 0 saturated heterocycles. The standard InChI is InChI=1S/CHO.ClH.Rh/c1-2;;/h1H;1H;/q;;+1/p-1. The first-order valence-electron chi connectivity index (χ1n) is 0.554. The predicted molar refractivity (Wildman–Crippen MR) is 12.6 cm³/mol. The number of carbonyl (C=O) groups is 1. The fraction of sp³-hybridized carbons (Fsp3) is 0.